The minimum Gasteiger partial charge on any atom is -0.359 e. The van der Waals surface area contributed by atoms with Gasteiger partial charge >= 0.3 is 0 Å². The molecule has 0 fully saturated rings. The number of rotatable bonds is 5. The lowest BCUT2D eigenvalue weighted by molar-refractivity contribution is -0.119. The van der Waals surface area contributed by atoms with E-state index in [1.165, 1.54) is 12.3 Å². The highest BCUT2D eigenvalue weighted by Crippen LogP contribution is 2.15. The number of nitrogens with zero attached hydrogens (tertiary/aromatic N) is 1. The number of carbonyl (C=O) groups excluding carboxylic acids is 1. The van der Waals surface area contributed by atoms with Gasteiger partial charge < -0.3 is 10.6 Å². The second kappa shape index (κ2) is 7.00. The highest BCUT2D eigenvalue weighted by atomic mass is 79.9. The van der Waals surface area contributed by atoms with E-state index in [9.17, 15) is 9.18 Å². The molecule has 104 valence electrons. The molecule has 1 heterocycles. The first kappa shape index (κ1) is 14.5. The Hall–Kier alpha value is -1.95. The zero-order valence-electron chi connectivity index (χ0n) is 10.6. The number of benzene rings is 1. The van der Waals surface area contributed by atoms with E-state index < -0.39 is 5.82 Å². The number of carbonyl (C=O) groups is 1. The van der Waals surface area contributed by atoms with Crippen LogP contribution in [0.15, 0.2) is 47.1 Å². The summed E-state index contributed by atoms with van der Waals surface area (Å²) < 4.78 is 14.0. The van der Waals surface area contributed by atoms with Crippen molar-refractivity contribution in [2.24, 2.45) is 0 Å². The van der Waals surface area contributed by atoms with Crippen LogP contribution < -0.4 is 10.6 Å². The van der Waals surface area contributed by atoms with Crippen molar-refractivity contribution in [2.75, 3.05) is 11.9 Å². The summed E-state index contributed by atoms with van der Waals surface area (Å²) in [5.74, 6) is -0.670. The molecule has 0 saturated carbocycles. The molecule has 0 radical (unpaired) electrons. The van der Waals surface area contributed by atoms with Crippen LogP contribution in [-0.4, -0.2) is 17.4 Å². The molecule has 0 bridgehead atoms. The maximum Gasteiger partial charge on any atom is 0.239 e. The van der Waals surface area contributed by atoms with E-state index in [1.54, 1.807) is 0 Å². The van der Waals surface area contributed by atoms with Crippen LogP contribution in [0.25, 0.3) is 0 Å². The van der Waals surface area contributed by atoms with Crippen LogP contribution in [0.4, 0.5) is 10.2 Å². The Morgan fingerprint density at radius 2 is 2.05 bits per heavy atom. The van der Waals surface area contributed by atoms with Crippen LogP contribution in [0.3, 0.4) is 0 Å². The minimum absolute atomic E-state index is 0.0294. The van der Waals surface area contributed by atoms with Gasteiger partial charge in [-0.1, -0.05) is 30.3 Å². The van der Waals surface area contributed by atoms with Crippen molar-refractivity contribution < 1.29 is 9.18 Å². The van der Waals surface area contributed by atoms with E-state index in [4.69, 9.17) is 0 Å². The van der Waals surface area contributed by atoms with E-state index >= 15 is 0 Å². The summed E-state index contributed by atoms with van der Waals surface area (Å²) in [5, 5.41) is 5.40. The molecule has 0 saturated heterocycles. The normalized spacial score (nSPS) is 10.1. The lowest BCUT2D eigenvalue weighted by atomic mass is 10.2. The smallest absolute Gasteiger partial charge is 0.239 e. The number of halogens is 2. The van der Waals surface area contributed by atoms with Gasteiger partial charge in [0.15, 0.2) is 11.6 Å². The van der Waals surface area contributed by atoms with Crippen molar-refractivity contribution in [3.63, 3.8) is 0 Å². The summed E-state index contributed by atoms with van der Waals surface area (Å²) in [6.07, 6.45) is 1.47. The zero-order chi connectivity index (χ0) is 14.4. The Morgan fingerprint density at radius 1 is 1.30 bits per heavy atom. The molecule has 4 nitrogen and oxygen atoms in total. The molecule has 1 aromatic heterocycles. The summed E-state index contributed by atoms with van der Waals surface area (Å²) in [4.78, 5) is 15.5. The molecule has 2 rings (SSSR count). The Balaban J connectivity index is 1.80. The minimum atomic E-state index is -0.504. The molecule has 1 aromatic carbocycles. The van der Waals surface area contributed by atoms with Gasteiger partial charge in [0.1, 0.15) is 0 Å². The fraction of sp³-hybridized carbons (Fsp3) is 0.143. The van der Waals surface area contributed by atoms with Crippen molar-refractivity contribution in [1.29, 1.82) is 0 Å². The average Bonchev–Trinajstić information content (AvgIpc) is 2.45. The van der Waals surface area contributed by atoms with E-state index in [-0.39, 0.29) is 18.3 Å². The molecule has 0 aliphatic rings. The molecule has 0 spiro atoms. The predicted octanol–water partition coefficient (Wildman–Crippen LogP) is 2.71. The van der Waals surface area contributed by atoms with Crippen LogP contribution in [-0.2, 0) is 11.3 Å². The first-order chi connectivity index (χ1) is 9.65. The molecule has 0 unspecified atom stereocenters. The summed E-state index contributed by atoms with van der Waals surface area (Å²) in [6.45, 7) is 0.413. The standard InChI is InChI=1S/C14H13BrFN3O/c15-11-6-12(16)14(18-8-11)19-9-13(20)17-7-10-4-2-1-3-5-10/h1-6,8H,7,9H2,(H,17,20)(H,18,19). The summed E-state index contributed by atoms with van der Waals surface area (Å²) in [7, 11) is 0. The van der Waals surface area contributed by atoms with E-state index in [1.807, 2.05) is 30.3 Å². The highest BCUT2D eigenvalue weighted by molar-refractivity contribution is 9.10. The fourth-order valence-corrected chi connectivity index (χ4v) is 1.87. The van der Waals surface area contributed by atoms with E-state index in [2.05, 4.69) is 31.5 Å². The third kappa shape index (κ3) is 4.31. The van der Waals surface area contributed by atoms with Gasteiger partial charge in [-0.3, -0.25) is 4.79 Å². The Bertz CT molecular complexity index is 592. The third-order valence-electron chi connectivity index (χ3n) is 2.56. The van der Waals surface area contributed by atoms with Crippen molar-refractivity contribution >= 4 is 27.7 Å². The highest BCUT2D eigenvalue weighted by Gasteiger charge is 2.06. The number of hydrogen-bond acceptors (Lipinski definition) is 3. The van der Waals surface area contributed by atoms with Crippen LogP contribution in [0, 0.1) is 5.82 Å². The van der Waals surface area contributed by atoms with E-state index in [0.29, 0.717) is 11.0 Å². The maximum absolute atomic E-state index is 13.5. The Kier molecular flexibility index (Phi) is 5.06. The number of anilines is 1. The number of amides is 1. The first-order valence-corrected chi connectivity index (χ1v) is 6.80. The summed E-state index contributed by atoms with van der Waals surface area (Å²) in [5.41, 5.74) is 1.01. The van der Waals surface area contributed by atoms with Gasteiger partial charge in [-0.2, -0.15) is 0 Å². The molecular weight excluding hydrogens is 325 g/mol. The third-order valence-corrected chi connectivity index (χ3v) is 2.99. The lowest BCUT2D eigenvalue weighted by Gasteiger charge is -2.08. The van der Waals surface area contributed by atoms with Crippen LogP contribution in [0.1, 0.15) is 5.56 Å². The maximum atomic E-state index is 13.5. The van der Waals surface area contributed by atoms with Crippen LogP contribution in [0.2, 0.25) is 0 Å². The fourth-order valence-electron chi connectivity index (χ4n) is 1.57. The number of hydrogen-bond donors (Lipinski definition) is 2. The predicted molar refractivity (Wildman–Crippen MR) is 78.7 cm³/mol. The Morgan fingerprint density at radius 3 is 2.75 bits per heavy atom. The molecule has 0 aliphatic carbocycles. The molecule has 1 amide bonds. The average molecular weight is 338 g/mol. The van der Waals surface area contributed by atoms with Gasteiger partial charge in [0.2, 0.25) is 5.91 Å². The molecule has 0 atom stereocenters. The molecule has 20 heavy (non-hydrogen) atoms. The molecule has 2 N–H and O–H groups in total. The van der Waals surface area contributed by atoms with Gasteiger partial charge in [-0.25, -0.2) is 9.37 Å². The zero-order valence-corrected chi connectivity index (χ0v) is 12.2. The largest absolute Gasteiger partial charge is 0.359 e. The topological polar surface area (TPSA) is 54.0 Å². The Labute approximate surface area is 124 Å². The van der Waals surface area contributed by atoms with Gasteiger partial charge in [0.05, 0.1) is 6.54 Å². The first-order valence-electron chi connectivity index (χ1n) is 6.00. The van der Waals surface area contributed by atoms with Gasteiger partial charge in [-0.15, -0.1) is 0 Å². The number of aromatic nitrogens is 1. The van der Waals surface area contributed by atoms with Crippen LogP contribution >= 0.6 is 15.9 Å². The van der Waals surface area contributed by atoms with Gasteiger partial charge in [-0.05, 0) is 27.6 Å². The van der Waals surface area contributed by atoms with Crippen molar-refractivity contribution in [2.45, 2.75) is 6.54 Å². The van der Waals surface area contributed by atoms with Gasteiger partial charge in [0, 0.05) is 17.2 Å². The number of pyridine rings is 1. The van der Waals surface area contributed by atoms with Crippen molar-refractivity contribution in [3.8, 4) is 0 Å². The monoisotopic (exact) mass is 337 g/mol. The van der Waals surface area contributed by atoms with Crippen molar-refractivity contribution in [3.05, 3.63) is 58.4 Å². The van der Waals surface area contributed by atoms with E-state index in [0.717, 1.165) is 5.56 Å². The number of nitrogens with one attached hydrogen (secondary N) is 2. The molecule has 0 aliphatic heterocycles. The SMILES string of the molecule is O=C(CNc1ncc(Br)cc1F)NCc1ccccc1. The quantitative estimate of drug-likeness (QED) is 0.881. The second-order valence-corrected chi connectivity index (χ2v) is 5.02. The van der Waals surface area contributed by atoms with Crippen LogP contribution in [0.5, 0.6) is 0 Å². The van der Waals surface area contributed by atoms with Crippen molar-refractivity contribution in [1.82, 2.24) is 10.3 Å². The molecular formula is C14H13BrFN3O. The summed E-state index contributed by atoms with van der Waals surface area (Å²) >= 11 is 3.12. The second-order valence-electron chi connectivity index (χ2n) is 4.10. The molecule has 2 aromatic rings. The lowest BCUT2D eigenvalue weighted by Crippen LogP contribution is -2.29. The summed E-state index contributed by atoms with van der Waals surface area (Å²) in [6, 6.07) is 10.8. The molecule has 6 heteroatoms. The van der Waals surface area contributed by atoms with Gasteiger partial charge in [0.25, 0.3) is 0 Å².